The molecule has 0 radical (unpaired) electrons. The van der Waals surface area contributed by atoms with Crippen LogP contribution in [0.3, 0.4) is 0 Å². The molecule has 0 amide bonds. The van der Waals surface area contributed by atoms with E-state index >= 15 is 0 Å². The number of nitrogens with zero attached hydrogens (tertiary/aromatic N) is 1. The topological polar surface area (TPSA) is 38.8 Å². The Kier molecular flexibility index (Phi) is 5.85. The van der Waals surface area contributed by atoms with Crippen molar-refractivity contribution in [3.05, 3.63) is 29.8 Å². The molecule has 1 saturated heterocycles. The second kappa shape index (κ2) is 7.92. The normalized spacial score (nSPS) is 16.2. The molecule has 4 nitrogen and oxygen atoms in total. The first-order valence-electron chi connectivity index (χ1n) is 6.86. The van der Waals surface area contributed by atoms with Crippen molar-refractivity contribution in [1.82, 2.24) is 4.90 Å². The van der Waals surface area contributed by atoms with Gasteiger partial charge in [0.25, 0.3) is 0 Å². The Morgan fingerprint density at radius 2 is 2.11 bits per heavy atom. The van der Waals surface area contributed by atoms with Gasteiger partial charge in [-0.2, -0.15) is 0 Å². The molecule has 1 aliphatic heterocycles. The Morgan fingerprint density at radius 3 is 2.89 bits per heavy atom. The first kappa shape index (κ1) is 14.0. The van der Waals surface area contributed by atoms with Gasteiger partial charge >= 0.3 is 0 Å². The molecular formula is C15H21NO3. The minimum Gasteiger partial charge on any atom is -0.494 e. The maximum absolute atomic E-state index is 10.6. The molecule has 0 saturated carbocycles. The summed E-state index contributed by atoms with van der Waals surface area (Å²) in [5.41, 5.74) is 0.658. The summed E-state index contributed by atoms with van der Waals surface area (Å²) in [5, 5.41) is 0. The summed E-state index contributed by atoms with van der Waals surface area (Å²) in [4.78, 5) is 13.1. The fourth-order valence-electron chi connectivity index (χ4n) is 2.13. The van der Waals surface area contributed by atoms with Crippen LogP contribution in [0.1, 0.15) is 23.2 Å². The Bertz CT molecular complexity index is 389. The quantitative estimate of drug-likeness (QED) is 0.557. The van der Waals surface area contributed by atoms with E-state index in [9.17, 15) is 4.79 Å². The Labute approximate surface area is 114 Å². The van der Waals surface area contributed by atoms with Gasteiger partial charge in [-0.1, -0.05) is 12.1 Å². The van der Waals surface area contributed by atoms with E-state index in [0.29, 0.717) is 12.2 Å². The van der Waals surface area contributed by atoms with Crippen LogP contribution in [-0.2, 0) is 4.74 Å². The highest BCUT2D eigenvalue weighted by atomic mass is 16.5. The molecule has 1 aromatic carbocycles. The standard InChI is InChI=1S/C15H21NO3/c17-13-14-4-3-5-15(12-14)19-9-2-1-6-16-7-10-18-11-8-16/h3-5,12-13H,1-2,6-11H2. The SMILES string of the molecule is O=Cc1cccc(OCCCCN2CCOCC2)c1. The van der Waals surface area contributed by atoms with Gasteiger partial charge in [-0.3, -0.25) is 9.69 Å². The minimum atomic E-state index is 0.658. The molecular weight excluding hydrogens is 242 g/mol. The van der Waals surface area contributed by atoms with Crippen molar-refractivity contribution in [3.63, 3.8) is 0 Å². The second-order valence-electron chi connectivity index (χ2n) is 4.70. The molecule has 0 aliphatic carbocycles. The summed E-state index contributed by atoms with van der Waals surface area (Å²) in [5.74, 6) is 0.774. The number of morpholine rings is 1. The van der Waals surface area contributed by atoms with Gasteiger partial charge in [0.05, 0.1) is 19.8 Å². The predicted molar refractivity (Wildman–Crippen MR) is 73.8 cm³/mol. The molecule has 4 heteroatoms. The maximum Gasteiger partial charge on any atom is 0.150 e. The van der Waals surface area contributed by atoms with E-state index < -0.39 is 0 Å². The highest BCUT2D eigenvalue weighted by molar-refractivity contribution is 5.75. The fourth-order valence-corrected chi connectivity index (χ4v) is 2.13. The Hall–Kier alpha value is -1.39. The van der Waals surface area contributed by atoms with Crippen LogP contribution in [0, 0.1) is 0 Å². The zero-order valence-corrected chi connectivity index (χ0v) is 11.2. The van der Waals surface area contributed by atoms with E-state index in [2.05, 4.69) is 4.90 Å². The van der Waals surface area contributed by atoms with Gasteiger partial charge in [-0.05, 0) is 31.5 Å². The third kappa shape index (κ3) is 5.01. The van der Waals surface area contributed by atoms with E-state index in [1.807, 2.05) is 12.1 Å². The number of benzene rings is 1. The summed E-state index contributed by atoms with van der Waals surface area (Å²) in [6.45, 7) is 5.61. The van der Waals surface area contributed by atoms with Gasteiger partial charge in [0, 0.05) is 18.7 Å². The Balaban J connectivity index is 1.59. The molecule has 19 heavy (non-hydrogen) atoms. The van der Waals surface area contributed by atoms with Crippen molar-refractivity contribution in [3.8, 4) is 5.75 Å². The largest absolute Gasteiger partial charge is 0.494 e. The molecule has 1 aromatic rings. The van der Waals surface area contributed by atoms with Crippen LogP contribution >= 0.6 is 0 Å². The molecule has 1 fully saturated rings. The third-order valence-electron chi connectivity index (χ3n) is 3.24. The van der Waals surface area contributed by atoms with Crippen molar-refractivity contribution < 1.29 is 14.3 Å². The van der Waals surface area contributed by atoms with Crippen LogP contribution in [0.25, 0.3) is 0 Å². The summed E-state index contributed by atoms with van der Waals surface area (Å²) >= 11 is 0. The van der Waals surface area contributed by atoms with Crippen molar-refractivity contribution in [2.45, 2.75) is 12.8 Å². The van der Waals surface area contributed by atoms with Gasteiger partial charge < -0.3 is 9.47 Å². The molecule has 1 heterocycles. The zero-order valence-electron chi connectivity index (χ0n) is 11.2. The summed E-state index contributed by atoms with van der Waals surface area (Å²) < 4.78 is 10.9. The summed E-state index contributed by atoms with van der Waals surface area (Å²) in [6.07, 6.45) is 3.00. The van der Waals surface area contributed by atoms with Crippen molar-refractivity contribution in [2.24, 2.45) is 0 Å². The lowest BCUT2D eigenvalue weighted by Gasteiger charge is -2.26. The van der Waals surface area contributed by atoms with E-state index in [0.717, 1.165) is 57.7 Å². The predicted octanol–water partition coefficient (Wildman–Crippen LogP) is 1.99. The molecule has 1 aliphatic rings. The lowest BCUT2D eigenvalue weighted by Crippen LogP contribution is -2.36. The number of carbonyl (C=O) groups excluding carboxylic acids is 1. The van der Waals surface area contributed by atoms with Gasteiger partial charge in [0.2, 0.25) is 0 Å². The van der Waals surface area contributed by atoms with Gasteiger partial charge in [0.15, 0.2) is 0 Å². The number of ether oxygens (including phenoxy) is 2. The van der Waals surface area contributed by atoms with Crippen LogP contribution in [0.4, 0.5) is 0 Å². The van der Waals surface area contributed by atoms with Crippen LogP contribution in [-0.4, -0.2) is 50.6 Å². The number of aldehydes is 1. The van der Waals surface area contributed by atoms with Crippen LogP contribution < -0.4 is 4.74 Å². The van der Waals surface area contributed by atoms with Crippen molar-refractivity contribution >= 4 is 6.29 Å². The summed E-state index contributed by atoms with van der Waals surface area (Å²) in [7, 11) is 0. The van der Waals surface area contributed by atoms with Crippen LogP contribution in [0.2, 0.25) is 0 Å². The molecule has 0 atom stereocenters. The highest BCUT2D eigenvalue weighted by Gasteiger charge is 2.08. The number of rotatable bonds is 7. The van der Waals surface area contributed by atoms with Crippen LogP contribution in [0.5, 0.6) is 5.75 Å². The molecule has 104 valence electrons. The molecule has 0 aromatic heterocycles. The molecule has 2 rings (SSSR count). The molecule has 0 unspecified atom stereocenters. The summed E-state index contributed by atoms with van der Waals surface area (Å²) in [6, 6.07) is 7.27. The first-order valence-corrected chi connectivity index (χ1v) is 6.86. The zero-order chi connectivity index (χ0) is 13.3. The fraction of sp³-hybridized carbons (Fsp3) is 0.533. The van der Waals surface area contributed by atoms with Crippen LogP contribution in [0.15, 0.2) is 24.3 Å². The molecule has 0 N–H and O–H groups in total. The van der Waals surface area contributed by atoms with E-state index in [4.69, 9.17) is 9.47 Å². The average molecular weight is 263 g/mol. The third-order valence-corrected chi connectivity index (χ3v) is 3.24. The number of unbranched alkanes of at least 4 members (excludes halogenated alkanes) is 1. The molecule has 0 bridgehead atoms. The van der Waals surface area contributed by atoms with E-state index in [-0.39, 0.29) is 0 Å². The maximum atomic E-state index is 10.6. The van der Waals surface area contributed by atoms with Crippen molar-refractivity contribution in [1.29, 1.82) is 0 Å². The molecule has 0 spiro atoms. The van der Waals surface area contributed by atoms with Crippen molar-refractivity contribution in [2.75, 3.05) is 39.5 Å². The monoisotopic (exact) mass is 263 g/mol. The first-order chi connectivity index (χ1) is 9.38. The van der Waals surface area contributed by atoms with E-state index in [1.165, 1.54) is 0 Å². The van der Waals surface area contributed by atoms with Gasteiger partial charge in [-0.15, -0.1) is 0 Å². The average Bonchev–Trinajstić information content (AvgIpc) is 2.48. The highest BCUT2D eigenvalue weighted by Crippen LogP contribution is 2.12. The van der Waals surface area contributed by atoms with Gasteiger partial charge in [-0.25, -0.2) is 0 Å². The number of hydrogen-bond donors (Lipinski definition) is 0. The number of carbonyl (C=O) groups is 1. The van der Waals surface area contributed by atoms with E-state index in [1.54, 1.807) is 12.1 Å². The second-order valence-corrected chi connectivity index (χ2v) is 4.70. The lowest BCUT2D eigenvalue weighted by atomic mass is 10.2. The lowest BCUT2D eigenvalue weighted by molar-refractivity contribution is 0.0368. The Morgan fingerprint density at radius 1 is 1.26 bits per heavy atom. The number of hydrogen-bond acceptors (Lipinski definition) is 4. The smallest absolute Gasteiger partial charge is 0.150 e. The minimum absolute atomic E-state index is 0.658. The van der Waals surface area contributed by atoms with Gasteiger partial charge in [0.1, 0.15) is 12.0 Å².